The van der Waals surface area contributed by atoms with E-state index in [1.807, 2.05) is 90.1 Å². The second-order valence-electron chi connectivity index (χ2n) is 16.8. The summed E-state index contributed by atoms with van der Waals surface area (Å²) in [6.45, 7) is 33.8. The molecule has 2 N–H and O–H groups in total. The molecular formula is C36H62Br2N2O5S2Si2. The number of halogens is 2. The van der Waals surface area contributed by atoms with Crippen molar-refractivity contribution >= 4 is 82.0 Å². The maximum absolute atomic E-state index is 12.5. The van der Waals surface area contributed by atoms with Gasteiger partial charge in [0, 0.05) is 14.5 Å². The van der Waals surface area contributed by atoms with Gasteiger partial charge in [-0.1, -0.05) is 97.7 Å². The van der Waals surface area contributed by atoms with Gasteiger partial charge in [0.05, 0.1) is 39.4 Å². The van der Waals surface area contributed by atoms with Gasteiger partial charge in [-0.15, -0.1) is 0 Å². The molecule has 0 amide bonds. The summed E-state index contributed by atoms with van der Waals surface area (Å²) in [4.78, 5) is 12.0. The first kappa shape index (κ1) is 48.4. The highest BCUT2D eigenvalue weighted by atomic mass is 79.9. The van der Waals surface area contributed by atoms with Gasteiger partial charge < -0.3 is 8.85 Å². The van der Waals surface area contributed by atoms with Crippen LogP contribution in [0.2, 0.25) is 36.3 Å². The highest BCUT2D eigenvalue weighted by Gasteiger charge is 2.38. The lowest BCUT2D eigenvalue weighted by molar-refractivity contribution is 0.0911. The van der Waals surface area contributed by atoms with Gasteiger partial charge in [0.15, 0.2) is 22.4 Å². The van der Waals surface area contributed by atoms with E-state index in [1.165, 1.54) is 0 Å². The minimum atomic E-state index is -1.90. The minimum Gasteiger partial charge on any atom is -0.411 e. The standard InChI is InChI=1S/C18H30BrNO2SSi.C14H21BrO2Si.C4H11NOS/c1-17(2,3)23(21)20-16(14-9-11-15(19)12-10-14)13-22-24(7,8)18(4,5)6;1-14(2,3)18(4,5)17-10-13(16)11-6-8-12(15)9-7-11;1-4(2,3)7(5)6/h9-12H,13H2,1-8H3;6-9H,10H2,1-5H3;5H2,1-3H3/t23-;;7-/m0.0/s1. The number of nitrogens with zero attached hydrogens (tertiary/aromatic N) is 1. The molecule has 280 valence electrons. The average molecular weight is 883 g/mol. The number of nitrogens with two attached hydrogens (primary N) is 1. The van der Waals surface area contributed by atoms with Crippen molar-refractivity contribution in [1.29, 1.82) is 0 Å². The van der Waals surface area contributed by atoms with E-state index in [0.29, 0.717) is 12.2 Å². The van der Waals surface area contributed by atoms with Gasteiger partial charge in [-0.25, -0.2) is 8.42 Å². The van der Waals surface area contributed by atoms with Gasteiger partial charge in [-0.3, -0.25) is 9.93 Å². The normalized spacial score (nSPS) is 14.6. The lowest BCUT2D eigenvalue weighted by Crippen LogP contribution is -2.42. The largest absolute Gasteiger partial charge is 0.411 e. The number of ketones is 1. The Hall–Kier alpha value is -0.646. The Morgan fingerprint density at radius 1 is 0.653 bits per heavy atom. The second kappa shape index (κ2) is 19.4. The van der Waals surface area contributed by atoms with E-state index >= 15 is 0 Å². The van der Waals surface area contributed by atoms with Crippen LogP contribution in [0.15, 0.2) is 61.9 Å². The first-order valence-corrected chi connectivity index (χ1v) is 26.0. The molecule has 0 aliphatic carbocycles. The van der Waals surface area contributed by atoms with Gasteiger partial charge in [0.25, 0.3) is 0 Å². The lowest BCUT2D eigenvalue weighted by Gasteiger charge is -2.36. The van der Waals surface area contributed by atoms with E-state index in [9.17, 15) is 13.2 Å². The zero-order valence-electron chi connectivity index (χ0n) is 32.7. The SMILES string of the molecule is CC(C)(C)[S@@](N)=O.CC(C)(C)[S@](=O)N=C(CO[Si](C)(C)C(C)(C)C)c1ccc(Br)cc1.CC(C)(C)[Si](C)(C)OCC(=O)c1ccc(Br)cc1. The second-order valence-corrected chi connectivity index (χ2v) is 32.0. The van der Waals surface area contributed by atoms with E-state index in [-0.39, 0.29) is 27.2 Å². The molecule has 0 heterocycles. The van der Waals surface area contributed by atoms with Gasteiger partial charge >= 0.3 is 0 Å². The molecule has 0 aliphatic heterocycles. The third kappa shape index (κ3) is 18.1. The molecule has 0 radical (unpaired) electrons. The van der Waals surface area contributed by atoms with Crippen molar-refractivity contribution in [1.82, 2.24) is 0 Å². The zero-order valence-corrected chi connectivity index (χ0v) is 39.5. The van der Waals surface area contributed by atoms with Crippen LogP contribution in [0.1, 0.15) is 99.0 Å². The number of carbonyl (C=O) groups is 1. The van der Waals surface area contributed by atoms with Crippen molar-refractivity contribution in [2.45, 2.75) is 129 Å². The monoisotopic (exact) mass is 880 g/mol. The van der Waals surface area contributed by atoms with Crippen LogP contribution in [0.3, 0.4) is 0 Å². The molecule has 2 aromatic carbocycles. The Labute approximate surface area is 322 Å². The Bertz CT molecular complexity index is 1420. The fraction of sp³-hybridized carbons (Fsp3) is 0.611. The van der Waals surface area contributed by atoms with Crippen molar-refractivity contribution in [2.75, 3.05) is 13.2 Å². The highest BCUT2D eigenvalue weighted by molar-refractivity contribution is 9.10. The van der Waals surface area contributed by atoms with Crippen molar-refractivity contribution < 1.29 is 22.1 Å². The molecule has 0 fully saturated rings. The maximum atomic E-state index is 12.5. The number of benzene rings is 2. The Morgan fingerprint density at radius 3 is 1.29 bits per heavy atom. The summed E-state index contributed by atoms with van der Waals surface area (Å²) in [5.41, 5.74) is 2.41. The number of hydrogen-bond acceptors (Lipinski definition) is 5. The highest BCUT2D eigenvalue weighted by Crippen LogP contribution is 2.37. The van der Waals surface area contributed by atoms with Crippen LogP contribution in [0.5, 0.6) is 0 Å². The number of carbonyl (C=O) groups excluding carboxylic acids is 1. The number of rotatable bonds is 9. The number of hydrogen-bond donors (Lipinski definition) is 1. The van der Waals surface area contributed by atoms with E-state index in [4.69, 9.17) is 14.0 Å². The number of Topliss-reactive ketones (excluding diaryl/α,β-unsaturated/α-hetero) is 1. The molecule has 0 aliphatic rings. The lowest BCUT2D eigenvalue weighted by atomic mass is 10.1. The Balaban J connectivity index is 0.000000808. The van der Waals surface area contributed by atoms with Crippen molar-refractivity contribution in [2.24, 2.45) is 9.54 Å². The molecule has 49 heavy (non-hydrogen) atoms. The fourth-order valence-electron chi connectivity index (χ4n) is 2.69. The van der Waals surface area contributed by atoms with Crippen LogP contribution in [0.4, 0.5) is 0 Å². The van der Waals surface area contributed by atoms with E-state index in [0.717, 1.165) is 20.2 Å². The van der Waals surface area contributed by atoms with Gasteiger partial charge in [0.1, 0.15) is 11.0 Å². The Morgan fingerprint density at radius 2 is 0.980 bits per heavy atom. The van der Waals surface area contributed by atoms with Gasteiger partial charge in [0.2, 0.25) is 0 Å². The zero-order chi connectivity index (χ0) is 38.8. The maximum Gasteiger partial charge on any atom is 0.192 e. The predicted molar refractivity (Wildman–Crippen MR) is 225 cm³/mol. The molecule has 0 saturated heterocycles. The van der Waals surface area contributed by atoms with Crippen LogP contribution in [-0.4, -0.2) is 59.3 Å². The van der Waals surface area contributed by atoms with Gasteiger partial charge in [-0.2, -0.15) is 4.40 Å². The molecule has 2 aromatic rings. The molecule has 0 unspecified atom stereocenters. The first-order chi connectivity index (χ1) is 21.8. The summed E-state index contributed by atoms with van der Waals surface area (Å²) in [6.07, 6.45) is 0. The van der Waals surface area contributed by atoms with Crippen LogP contribution >= 0.6 is 31.9 Å². The fourth-order valence-corrected chi connectivity index (χ4v) is 5.70. The van der Waals surface area contributed by atoms with Gasteiger partial charge in [-0.05, 0) is 108 Å². The van der Waals surface area contributed by atoms with E-state index in [2.05, 4.69) is 104 Å². The summed E-state index contributed by atoms with van der Waals surface area (Å²) < 4.78 is 40.9. The quantitative estimate of drug-likeness (QED) is 0.153. The smallest absolute Gasteiger partial charge is 0.192 e. The summed E-state index contributed by atoms with van der Waals surface area (Å²) >= 11 is 6.81. The summed E-state index contributed by atoms with van der Waals surface area (Å²) in [6, 6.07) is 15.3. The van der Waals surface area contributed by atoms with Crippen molar-refractivity contribution in [3.8, 4) is 0 Å². The van der Waals surface area contributed by atoms with Crippen molar-refractivity contribution in [3.63, 3.8) is 0 Å². The average Bonchev–Trinajstić information content (AvgIpc) is 2.93. The molecule has 2 rings (SSSR count). The first-order valence-electron chi connectivity index (χ1n) is 16.3. The van der Waals surface area contributed by atoms with Crippen LogP contribution in [0.25, 0.3) is 0 Å². The molecule has 0 spiro atoms. The summed E-state index contributed by atoms with van der Waals surface area (Å²) in [7, 11) is -6.23. The molecule has 0 saturated carbocycles. The third-order valence-electron chi connectivity index (χ3n) is 8.41. The Kier molecular flexibility index (Phi) is 19.2. The minimum absolute atomic E-state index is 0.0484. The molecule has 13 heteroatoms. The van der Waals surface area contributed by atoms with E-state index in [1.54, 1.807) is 0 Å². The van der Waals surface area contributed by atoms with Crippen LogP contribution < -0.4 is 5.14 Å². The topological polar surface area (TPSA) is 108 Å². The predicted octanol–water partition coefficient (Wildman–Crippen LogP) is 10.8. The molecular weight excluding hydrogens is 821 g/mol. The van der Waals surface area contributed by atoms with Crippen molar-refractivity contribution in [3.05, 3.63) is 68.6 Å². The molecule has 0 bridgehead atoms. The summed E-state index contributed by atoms with van der Waals surface area (Å²) in [5, 5.41) is 5.30. The van der Waals surface area contributed by atoms with E-state index < -0.39 is 43.4 Å². The molecule has 7 nitrogen and oxygen atoms in total. The van der Waals surface area contributed by atoms with Crippen LogP contribution in [0, 0.1) is 0 Å². The summed E-state index contributed by atoms with van der Waals surface area (Å²) in [5.74, 6) is 0.0484. The molecule has 0 aromatic heterocycles. The third-order valence-corrected chi connectivity index (χ3v) is 21.1. The molecule has 2 atom stereocenters. The van der Waals surface area contributed by atoms with Crippen LogP contribution in [-0.2, 0) is 30.8 Å².